The Bertz CT molecular complexity index is 1220. The van der Waals surface area contributed by atoms with Crippen molar-refractivity contribution in [3.05, 3.63) is 74.8 Å². The normalized spacial score (nSPS) is 11.1. The van der Waals surface area contributed by atoms with Crippen molar-refractivity contribution in [1.29, 1.82) is 0 Å². The molecule has 0 saturated carbocycles. The third-order valence-electron chi connectivity index (χ3n) is 4.84. The molecular formula is C21H21N5O2S. The quantitative estimate of drug-likeness (QED) is 0.512. The number of aryl methyl sites for hydroxylation is 3. The van der Waals surface area contributed by atoms with Gasteiger partial charge in [-0.2, -0.15) is 5.10 Å². The van der Waals surface area contributed by atoms with E-state index in [0.717, 1.165) is 20.8 Å². The molecule has 0 aliphatic rings. The predicted molar refractivity (Wildman–Crippen MR) is 114 cm³/mol. The molecule has 0 radical (unpaired) electrons. The van der Waals surface area contributed by atoms with Crippen LogP contribution in [0.4, 0.5) is 5.82 Å². The van der Waals surface area contributed by atoms with Crippen LogP contribution in [0.1, 0.15) is 28.2 Å². The number of aromatic nitrogens is 4. The molecule has 1 aromatic carbocycles. The summed E-state index contributed by atoms with van der Waals surface area (Å²) in [6.45, 7) is 4.48. The maximum absolute atomic E-state index is 12.4. The Morgan fingerprint density at radius 2 is 2.00 bits per heavy atom. The predicted octanol–water partition coefficient (Wildman–Crippen LogP) is 3.42. The van der Waals surface area contributed by atoms with Gasteiger partial charge in [-0.15, -0.1) is 11.3 Å². The molecule has 0 aliphatic carbocycles. The number of benzene rings is 1. The van der Waals surface area contributed by atoms with Crippen molar-refractivity contribution in [3.63, 3.8) is 0 Å². The second-order valence-corrected chi connectivity index (χ2v) is 8.09. The van der Waals surface area contributed by atoms with E-state index < -0.39 is 0 Å². The van der Waals surface area contributed by atoms with Crippen molar-refractivity contribution in [2.24, 2.45) is 0 Å². The van der Waals surface area contributed by atoms with Gasteiger partial charge in [0.05, 0.1) is 18.1 Å². The number of nitrogens with zero attached hydrogens (tertiary/aromatic N) is 3. The van der Waals surface area contributed by atoms with Gasteiger partial charge in [0.15, 0.2) is 0 Å². The van der Waals surface area contributed by atoms with Crippen molar-refractivity contribution in [2.75, 3.05) is 5.32 Å². The molecule has 0 spiro atoms. The number of rotatable bonds is 6. The molecule has 1 amide bonds. The molecule has 0 aliphatic heterocycles. The Balaban J connectivity index is 1.42. The van der Waals surface area contributed by atoms with Crippen LogP contribution < -0.4 is 10.9 Å². The van der Waals surface area contributed by atoms with Crippen molar-refractivity contribution in [1.82, 2.24) is 19.7 Å². The fraction of sp³-hybridized carbons (Fsp3) is 0.238. The van der Waals surface area contributed by atoms with Crippen LogP contribution in [-0.4, -0.2) is 25.7 Å². The van der Waals surface area contributed by atoms with Crippen LogP contribution in [0.5, 0.6) is 0 Å². The fourth-order valence-corrected chi connectivity index (χ4v) is 4.22. The van der Waals surface area contributed by atoms with Gasteiger partial charge >= 0.3 is 0 Å². The highest BCUT2D eigenvalue weighted by Crippen LogP contribution is 2.25. The number of amides is 1. The van der Waals surface area contributed by atoms with Gasteiger partial charge in [0.1, 0.15) is 16.5 Å². The average Bonchev–Trinajstić information content (AvgIpc) is 3.25. The zero-order valence-corrected chi connectivity index (χ0v) is 17.0. The van der Waals surface area contributed by atoms with Gasteiger partial charge in [0.25, 0.3) is 5.56 Å². The van der Waals surface area contributed by atoms with Crippen LogP contribution in [0, 0.1) is 13.8 Å². The van der Waals surface area contributed by atoms with E-state index in [2.05, 4.69) is 20.4 Å². The van der Waals surface area contributed by atoms with Crippen LogP contribution in [0.25, 0.3) is 10.2 Å². The molecule has 7 nitrogen and oxygen atoms in total. The van der Waals surface area contributed by atoms with Crippen LogP contribution in [0.3, 0.4) is 0 Å². The van der Waals surface area contributed by atoms with E-state index in [1.54, 1.807) is 16.9 Å². The first-order valence-corrected chi connectivity index (χ1v) is 10.2. The molecule has 0 bridgehead atoms. The number of thiophene rings is 1. The van der Waals surface area contributed by atoms with E-state index in [0.29, 0.717) is 30.0 Å². The van der Waals surface area contributed by atoms with Crippen molar-refractivity contribution in [3.8, 4) is 0 Å². The number of H-pyrrole nitrogens is 1. The van der Waals surface area contributed by atoms with Gasteiger partial charge in [-0.05, 0) is 25.0 Å². The van der Waals surface area contributed by atoms with Crippen molar-refractivity contribution in [2.45, 2.75) is 33.2 Å². The lowest BCUT2D eigenvalue weighted by molar-refractivity contribution is -0.116. The minimum atomic E-state index is -0.152. The first kappa shape index (κ1) is 19.1. The van der Waals surface area contributed by atoms with E-state index in [9.17, 15) is 9.59 Å². The minimum Gasteiger partial charge on any atom is -0.311 e. The third kappa shape index (κ3) is 4.12. The molecule has 0 unspecified atom stereocenters. The van der Waals surface area contributed by atoms with E-state index in [4.69, 9.17) is 0 Å². The molecule has 0 saturated heterocycles. The lowest BCUT2D eigenvalue weighted by Crippen LogP contribution is -2.18. The number of fused-ring (bicyclic) bond motifs is 1. The molecule has 4 aromatic rings. The average molecular weight is 407 g/mol. The zero-order chi connectivity index (χ0) is 20.4. The maximum atomic E-state index is 12.4. The molecule has 3 heterocycles. The second kappa shape index (κ2) is 8.00. The number of carbonyl (C=O) groups is 1. The number of hydrogen-bond acceptors (Lipinski definition) is 5. The van der Waals surface area contributed by atoms with E-state index in [-0.39, 0.29) is 17.9 Å². The Hall–Kier alpha value is -3.26. The number of hydrogen-bond donors (Lipinski definition) is 2. The number of aromatic amines is 1. The summed E-state index contributed by atoms with van der Waals surface area (Å²) in [7, 11) is 0. The van der Waals surface area contributed by atoms with Crippen molar-refractivity contribution >= 4 is 33.3 Å². The summed E-state index contributed by atoms with van der Waals surface area (Å²) < 4.78 is 1.75. The summed E-state index contributed by atoms with van der Waals surface area (Å²) in [5.74, 6) is 1.01. The Morgan fingerprint density at radius 1 is 1.21 bits per heavy atom. The Kier molecular flexibility index (Phi) is 5.26. The lowest BCUT2D eigenvalue weighted by atomic mass is 10.2. The van der Waals surface area contributed by atoms with E-state index in [1.807, 2.05) is 44.2 Å². The molecule has 3 aromatic heterocycles. The molecule has 0 fully saturated rings. The summed E-state index contributed by atoms with van der Waals surface area (Å²) >= 11 is 1.50. The smallest absolute Gasteiger partial charge is 0.259 e. The van der Waals surface area contributed by atoms with Gasteiger partial charge in [0, 0.05) is 23.8 Å². The van der Waals surface area contributed by atoms with Crippen molar-refractivity contribution < 1.29 is 4.79 Å². The van der Waals surface area contributed by atoms with Gasteiger partial charge in [-0.1, -0.05) is 30.3 Å². The molecular weight excluding hydrogens is 386 g/mol. The highest BCUT2D eigenvalue weighted by Gasteiger charge is 2.13. The summed E-state index contributed by atoms with van der Waals surface area (Å²) in [5.41, 5.74) is 1.92. The topological polar surface area (TPSA) is 92.7 Å². The number of nitrogens with one attached hydrogen (secondary N) is 2. The Morgan fingerprint density at radius 3 is 2.79 bits per heavy atom. The number of anilines is 1. The van der Waals surface area contributed by atoms with Crippen LogP contribution in [0.2, 0.25) is 0 Å². The Labute approximate surface area is 171 Å². The lowest BCUT2D eigenvalue weighted by Gasteiger charge is -2.09. The minimum absolute atomic E-state index is 0.145. The molecule has 2 N–H and O–H groups in total. The van der Waals surface area contributed by atoms with Gasteiger partial charge in [-0.3, -0.25) is 9.59 Å². The van der Waals surface area contributed by atoms with Crippen LogP contribution in [-0.2, 0) is 17.8 Å². The number of carbonyl (C=O) groups excluding carboxylic acids is 1. The monoisotopic (exact) mass is 407 g/mol. The molecule has 8 heteroatoms. The molecule has 29 heavy (non-hydrogen) atoms. The SMILES string of the molecule is Cc1sc2nc(CCC(=O)Nc3ccnn3Cc3ccccc3)[nH]c(=O)c2c1C. The fourth-order valence-electron chi connectivity index (χ4n) is 3.18. The first-order valence-electron chi connectivity index (χ1n) is 9.36. The third-order valence-corrected chi connectivity index (χ3v) is 5.94. The largest absolute Gasteiger partial charge is 0.311 e. The maximum Gasteiger partial charge on any atom is 0.259 e. The highest BCUT2D eigenvalue weighted by atomic mass is 32.1. The summed E-state index contributed by atoms with van der Waals surface area (Å²) in [6, 6.07) is 11.7. The van der Waals surface area contributed by atoms with Crippen LogP contribution in [0.15, 0.2) is 47.4 Å². The molecule has 4 rings (SSSR count). The first-order chi connectivity index (χ1) is 14.0. The van der Waals surface area contributed by atoms with Gasteiger partial charge < -0.3 is 10.3 Å². The van der Waals surface area contributed by atoms with Gasteiger partial charge in [0.2, 0.25) is 5.91 Å². The van der Waals surface area contributed by atoms with E-state index >= 15 is 0 Å². The van der Waals surface area contributed by atoms with Gasteiger partial charge in [-0.25, -0.2) is 9.67 Å². The highest BCUT2D eigenvalue weighted by molar-refractivity contribution is 7.18. The van der Waals surface area contributed by atoms with E-state index in [1.165, 1.54) is 11.3 Å². The molecule has 0 atom stereocenters. The molecule has 148 valence electrons. The zero-order valence-electron chi connectivity index (χ0n) is 16.2. The summed E-state index contributed by atoms with van der Waals surface area (Å²) in [6.07, 6.45) is 2.24. The van der Waals surface area contributed by atoms with Crippen LogP contribution >= 0.6 is 11.3 Å². The standard InChI is InChI=1S/C21H21N5O2S/c1-13-14(2)29-21-19(13)20(28)23-16(24-21)8-9-18(27)25-17-10-11-22-26(17)12-15-6-4-3-5-7-15/h3-7,10-11H,8-9,12H2,1-2H3,(H,25,27)(H,23,24,28). The summed E-state index contributed by atoms with van der Waals surface area (Å²) in [4.78, 5) is 33.9. The summed E-state index contributed by atoms with van der Waals surface area (Å²) in [5, 5.41) is 7.82. The second-order valence-electron chi connectivity index (χ2n) is 6.88.